The number of carbonyl (C=O) groups is 2. The van der Waals surface area contributed by atoms with Crippen LogP contribution in [0.5, 0.6) is 0 Å². The lowest BCUT2D eigenvalue weighted by Crippen LogP contribution is -2.44. The topological polar surface area (TPSA) is 95.4 Å². The Morgan fingerprint density at radius 2 is 1.87 bits per heavy atom. The molecule has 0 bridgehead atoms. The van der Waals surface area contributed by atoms with E-state index in [0.717, 1.165) is 6.20 Å². The van der Waals surface area contributed by atoms with Gasteiger partial charge in [-0.25, -0.2) is 13.2 Å². The van der Waals surface area contributed by atoms with Crippen LogP contribution in [0.1, 0.15) is 60.3 Å². The van der Waals surface area contributed by atoms with Crippen molar-refractivity contribution in [1.82, 2.24) is 20.2 Å². The number of alkyl halides is 3. The third-order valence-corrected chi connectivity index (χ3v) is 7.93. The number of aliphatic hydroxyl groups is 1. The average molecular weight is 581 g/mol. The van der Waals surface area contributed by atoms with Crippen LogP contribution in [-0.2, 0) is 10.4 Å². The molecule has 5 rings (SSSR count). The van der Waals surface area contributed by atoms with Crippen LogP contribution in [0.25, 0.3) is 0 Å². The first-order valence-corrected chi connectivity index (χ1v) is 13.3. The van der Waals surface area contributed by atoms with E-state index in [4.69, 9.17) is 23.2 Å². The zero-order valence-electron chi connectivity index (χ0n) is 20.6. The molecule has 2 amide bonds. The van der Waals surface area contributed by atoms with Gasteiger partial charge >= 0.3 is 0 Å². The van der Waals surface area contributed by atoms with Gasteiger partial charge in [0, 0.05) is 42.7 Å². The zero-order valence-corrected chi connectivity index (χ0v) is 22.1. The molecular weight excluding hydrogens is 556 g/mol. The van der Waals surface area contributed by atoms with Crippen LogP contribution in [0.3, 0.4) is 0 Å². The van der Waals surface area contributed by atoms with Crippen molar-refractivity contribution in [2.24, 2.45) is 5.92 Å². The van der Waals surface area contributed by atoms with Crippen LogP contribution < -0.4 is 5.32 Å². The van der Waals surface area contributed by atoms with Gasteiger partial charge in [0.05, 0.1) is 21.3 Å². The predicted octanol–water partition coefficient (Wildman–Crippen LogP) is 5.29. The third-order valence-electron chi connectivity index (χ3n) is 7.50. The number of nitrogens with one attached hydrogen (secondary N) is 1. The van der Waals surface area contributed by atoms with Gasteiger partial charge in [0.15, 0.2) is 0 Å². The second-order valence-corrected chi connectivity index (χ2v) is 10.9. The maximum absolute atomic E-state index is 14.4. The first-order chi connectivity index (χ1) is 18.6. The Morgan fingerprint density at radius 3 is 2.54 bits per heavy atom. The van der Waals surface area contributed by atoms with E-state index in [0.29, 0.717) is 42.0 Å². The van der Waals surface area contributed by atoms with E-state index in [1.54, 1.807) is 0 Å². The SMILES string of the molecule is O=C(NC1CCC(CN2C(=O)C(O)(c3ccc(Cl)cn3)C3=C2CC(F)C=C3)CC1)c1cc(Cl)cnc1C(F)F. The van der Waals surface area contributed by atoms with E-state index in [1.165, 1.54) is 41.4 Å². The number of pyridine rings is 2. The second kappa shape index (κ2) is 10.9. The molecule has 206 valence electrons. The number of hydrogen-bond donors (Lipinski definition) is 2. The van der Waals surface area contributed by atoms with Crippen molar-refractivity contribution in [3.8, 4) is 0 Å². The van der Waals surface area contributed by atoms with Crippen LogP contribution in [0, 0.1) is 5.92 Å². The highest BCUT2D eigenvalue weighted by molar-refractivity contribution is 6.31. The molecule has 1 saturated carbocycles. The summed E-state index contributed by atoms with van der Waals surface area (Å²) in [6.07, 6.45) is 3.28. The Balaban J connectivity index is 1.27. The van der Waals surface area contributed by atoms with Crippen LogP contribution in [-0.4, -0.2) is 50.5 Å². The molecule has 2 N–H and O–H groups in total. The van der Waals surface area contributed by atoms with Gasteiger partial charge in [0.1, 0.15) is 11.9 Å². The Morgan fingerprint density at radius 1 is 1.15 bits per heavy atom. The monoisotopic (exact) mass is 580 g/mol. The average Bonchev–Trinajstić information content (AvgIpc) is 3.11. The first kappa shape index (κ1) is 27.6. The highest BCUT2D eigenvalue weighted by Gasteiger charge is 2.54. The van der Waals surface area contributed by atoms with Crippen LogP contribution >= 0.6 is 23.2 Å². The van der Waals surface area contributed by atoms with Gasteiger partial charge in [0.25, 0.3) is 18.2 Å². The van der Waals surface area contributed by atoms with Crippen LogP contribution in [0.15, 0.2) is 54.0 Å². The third kappa shape index (κ3) is 5.29. The lowest BCUT2D eigenvalue weighted by molar-refractivity contribution is -0.143. The van der Waals surface area contributed by atoms with Gasteiger partial charge in [-0.3, -0.25) is 19.6 Å². The van der Waals surface area contributed by atoms with E-state index in [2.05, 4.69) is 15.3 Å². The Kier molecular flexibility index (Phi) is 7.72. The molecule has 12 heteroatoms. The van der Waals surface area contributed by atoms with E-state index in [9.17, 15) is 27.9 Å². The summed E-state index contributed by atoms with van der Waals surface area (Å²) < 4.78 is 41.0. The van der Waals surface area contributed by atoms with Gasteiger partial charge in [-0.05, 0) is 55.9 Å². The number of hydrogen-bond acceptors (Lipinski definition) is 5. The molecule has 0 radical (unpaired) electrons. The first-order valence-electron chi connectivity index (χ1n) is 12.5. The van der Waals surface area contributed by atoms with Crippen molar-refractivity contribution >= 4 is 35.0 Å². The lowest BCUT2D eigenvalue weighted by atomic mass is 9.85. The fraction of sp³-hybridized carbons (Fsp3) is 0.407. The van der Waals surface area contributed by atoms with Gasteiger partial charge in [-0.2, -0.15) is 0 Å². The summed E-state index contributed by atoms with van der Waals surface area (Å²) in [5, 5.41) is 14.8. The highest BCUT2D eigenvalue weighted by atomic mass is 35.5. The largest absolute Gasteiger partial charge is 0.371 e. The number of halogens is 5. The maximum Gasteiger partial charge on any atom is 0.281 e. The van der Waals surface area contributed by atoms with Gasteiger partial charge < -0.3 is 15.3 Å². The van der Waals surface area contributed by atoms with E-state index >= 15 is 0 Å². The summed E-state index contributed by atoms with van der Waals surface area (Å²) in [6.45, 7) is 0.266. The summed E-state index contributed by atoms with van der Waals surface area (Å²) in [6, 6.07) is 3.92. The van der Waals surface area contributed by atoms with Crippen molar-refractivity contribution in [2.75, 3.05) is 6.54 Å². The van der Waals surface area contributed by atoms with Crippen LogP contribution in [0.2, 0.25) is 10.0 Å². The van der Waals surface area contributed by atoms with Crippen molar-refractivity contribution in [1.29, 1.82) is 0 Å². The maximum atomic E-state index is 14.4. The van der Waals surface area contributed by atoms with E-state index in [1.807, 2.05) is 0 Å². The number of nitrogens with zero attached hydrogens (tertiary/aromatic N) is 3. The number of aromatic nitrogens is 2. The summed E-state index contributed by atoms with van der Waals surface area (Å²) >= 11 is 11.8. The lowest BCUT2D eigenvalue weighted by Gasteiger charge is -2.33. The molecule has 2 atom stereocenters. The molecule has 7 nitrogen and oxygen atoms in total. The summed E-state index contributed by atoms with van der Waals surface area (Å²) in [4.78, 5) is 35.6. The Labute approximate surface area is 232 Å². The number of amides is 2. The van der Waals surface area contributed by atoms with Gasteiger partial charge in [-0.15, -0.1) is 0 Å². The highest BCUT2D eigenvalue weighted by Crippen LogP contribution is 2.45. The summed E-state index contributed by atoms with van der Waals surface area (Å²) in [5.74, 6) is -1.24. The molecule has 0 saturated heterocycles. The molecule has 1 aliphatic heterocycles. The minimum atomic E-state index is -2.92. The zero-order chi connectivity index (χ0) is 27.9. The Bertz CT molecular complexity index is 1350. The molecule has 39 heavy (non-hydrogen) atoms. The molecule has 0 spiro atoms. The van der Waals surface area contributed by atoms with Gasteiger partial charge in [0.2, 0.25) is 5.60 Å². The standard InChI is InChI=1S/C27H25Cl2F3N4O3/c28-15-3-8-22(33-11-15)27(39)20-7-4-17(30)10-21(20)36(26(27)38)13-14-1-5-18(6-2-14)35-25(37)19-9-16(29)12-34-23(19)24(31)32/h3-4,7-9,11-12,14,17-18,24,39H,1-2,5-6,10,13H2,(H,35,37). The molecule has 2 aromatic heterocycles. The molecule has 0 aromatic carbocycles. The quantitative estimate of drug-likeness (QED) is 0.484. The van der Waals surface area contributed by atoms with Crippen molar-refractivity contribution in [3.63, 3.8) is 0 Å². The molecule has 1 fully saturated rings. The van der Waals surface area contributed by atoms with E-state index < -0.39 is 35.7 Å². The fourth-order valence-electron chi connectivity index (χ4n) is 5.52. The summed E-state index contributed by atoms with van der Waals surface area (Å²) in [7, 11) is 0. The molecule has 2 aliphatic carbocycles. The number of carbonyl (C=O) groups excluding carboxylic acids is 2. The normalized spacial score (nSPS) is 26.8. The van der Waals surface area contributed by atoms with E-state index in [-0.39, 0.29) is 41.2 Å². The van der Waals surface area contributed by atoms with Gasteiger partial charge in [-0.1, -0.05) is 29.3 Å². The summed E-state index contributed by atoms with van der Waals surface area (Å²) in [5.41, 5.74) is -2.09. The fourth-order valence-corrected chi connectivity index (χ4v) is 5.79. The van der Waals surface area contributed by atoms with Crippen molar-refractivity contribution in [3.05, 3.63) is 81.0 Å². The second-order valence-electron chi connectivity index (χ2n) is 10.0. The molecule has 2 aromatic rings. The minimum absolute atomic E-state index is 0.0183. The number of allylic oxidation sites excluding steroid dienone is 2. The van der Waals surface area contributed by atoms with Crippen LogP contribution in [0.4, 0.5) is 13.2 Å². The predicted molar refractivity (Wildman–Crippen MR) is 138 cm³/mol. The smallest absolute Gasteiger partial charge is 0.281 e. The Hall–Kier alpha value is -2.95. The van der Waals surface area contributed by atoms with Crippen molar-refractivity contribution in [2.45, 2.75) is 56.3 Å². The molecule has 3 heterocycles. The number of rotatable bonds is 6. The molecule has 2 unspecified atom stereocenters. The molecular formula is C27H25Cl2F3N4O3. The minimum Gasteiger partial charge on any atom is -0.371 e. The molecule has 3 aliphatic rings. The van der Waals surface area contributed by atoms with Crippen molar-refractivity contribution < 1.29 is 27.9 Å².